The minimum Gasteiger partial charge on any atom is -0.269 e. The van der Waals surface area contributed by atoms with E-state index in [2.05, 4.69) is 4.18 Å². The molecule has 0 aliphatic heterocycles. The van der Waals surface area contributed by atoms with Crippen LogP contribution in [0.2, 0.25) is 0 Å². The molecule has 0 unspecified atom stereocenters. The maximum atomic E-state index is 11.3. The first-order chi connectivity index (χ1) is 6.95. The molecule has 8 heteroatoms. The van der Waals surface area contributed by atoms with E-state index in [-0.39, 0.29) is 12.5 Å². The third-order valence-corrected chi connectivity index (χ3v) is 4.09. The quantitative estimate of drug-likeness (QED) is 0.630. The van der Waals surface area contributed by atoms with Crippen LogP contribution in [0.1, 0.15) is 13.8 Å². The lowest BCUT2D eigenvalue weighted by Crippen LogP contribution is -2.43. The molecular formula is C8H19NO5S2. The third-order valence-electron chi connectivity index (χ3n) is 2.21. The minimum absolute atomic E-state index is 0.0403. The Morgan fingerprint density at radius 2 is 1.56 bits per heavy atom. The van der Waals surface area contributed by atoms with E-state index < -0.39 is 26.2 Å². The highest BCUT2D eigenvalue weighted by Gasteiger charge is 2.26. The summed E-state index contributed by atoms with van der Waals surface area (Å²) in [5.74, 6) is -0.0403. The maximum Gasteiger partial charge on any atom is 0.264 e. The first-order valence-corrected chi connectivity index (χ1v) is 8.39. The zero-order valence-electron chi connectivity index (χ0n) is 10.2. The summed E-state index contributed by atoms with van der Waals surface area (Å²) < 4.78 is 50.1. The molecule has 0 N–H and O–H groups in total. The zero-order valence-corrected chi connectivity index (χ0v) is 11.8. The van der Waals surface area contributed by atoms with Gasteiger partial charge in [-0.05, 0) is 5.92 Å². The van der Waals surface area contributed by atoms with E-state index >= 15 is 0 Å². The van der Waals surface area contributed by atoms with Gasteiger partial charge in [-0.1, -0.05) is 13.8 Å². The Hall–Kier alpha value is -0.180. The molecule has 0 heterocycles. The zero-order chi connectivity index (χ0) is 13.1. The average Bonchev–Trinajstić information content (AvgIpc) is 1.99. The first kappa shape index (κ1) is 15.8. The van der Waals surface area contributed by atoms with Crippen molar-refractivity contribution < 1.29 is 21.0 Å². The van der Waals surface area contributed by atoms with Crippen LogP contribution in [0, 0.1) is 5.92 Å². The summed E-state index contributed by atoms with van der Waals surface area (Å²) in [5, 5.41) is 0. The molecule has 0 aromatic carbocycles. The summed E-state index contributed by atoms with van der Waals surface area (Å²) in [4.78, 5) is 0. The number of likely N-dealkylation sites (N-methyl/N-ethyl adjacent to an activating group) is 1. The van der Waals surface area contributed by atoms with Crippen LogP contribution in [0.4, 0.5) is 0 Å². The van der Waals surface area contributed by atoms with E-state index in [0.29, 0.717) is 0 Å². The highest BCUT2D eigenvalue weighted by atomic mass is 32.2. The van der Waals surface area contributed by atoms with Crippen LogP contribution in [0.5, 0.6) is 0 Å². The van der Waals surface area contributed by atoms with Crippen molar-refractivity contribution in [2.45, 2.75) is 19.9 Å². The Morgan fingerprint density at radius 1 is 1.12 bits per heavy atom. The highest BCUT2D eigenvalue weighted by molar-refractivity contribution is 7.88. The largest absolute Gasteiger partial charge is 0.269 e. The SMILES string of the molecule is CC(C)[C@@H](COS(C)(=O)=O)N(C)S(C)(=O)=O. The molecule has 0 bridgehead atoms. The van der Waals surface area contributed by atoms with Gasteiger partial charge < -0.3 is 0 Å². The molecule has 0 radical (unpaired) electrons. The van der Waals surface area contributed by atoms with Gasteiger partial charge in [0.05, 0.1) is 25.2 Å². The molecule has 0 aromatic rings. The number of nitrogens with zero attached hydrogens (tertiary/aromatic N) is 1. The highest BCUT2D eigenvalue weighted by Crippen LogP contribution is 2.13. The van der Waals surface area contributed by atoms with Crippen LogP contribution in [0.25, 0.3) is 0 Å². The fourth-order valence-corrected chi connectivity index (χ4v) is 2.34. The van der Waals surface area contributed by atoms with Crippen molar-refractivity contribution in [3.05, 3.63) is 0 Å². The first-order valence-electron chi connectivity index (χ1n) is 4.72. The molecule has 16 heavy (non-hydrogen) atoms. The Balaban J connectivity index is 4.78. The van der Waals surface area contributed by atoms with Gasteiger partial charge in [0.15, 0.2) is 0 Å². The normalized spacial score (nSPS) is 15.7. The molecule has 0 aliphatic carbocycles. The topological polar surface area (TPSA) is 80.8 Å². The van der Waals surface area contributed by atoms with E-state index in [1.165, 1.54) is 7.05 Å². The van der Waals surface area contributed by atoms with Crippen LogP contribution >= 0.6 is 0 Å². The van der Waals surface area contributed by atoms with E-state index in [9.17, 15) is 16.8 Å². The molecule has 0 fully saturated rings. The maximum absolute atomic E-state index is 11.3. The van der Waals surface area contributed by atoms with Crippen molar-refractivity contribution in [3.8, 4) is 0 Å². The Bertz CT molecular complexity index is 412. The van der Waals surface area contributed by atoms with Gasteiger partial charge in [-0.3, -0.25) is 4.18 Å². The summed E-state index contributed by atoms with van der Waals surface area (Å²) in [6.07, 6.45) is 2.01. The standard InChI is InChI=1S/C8H19NO5S2/c1-7(2)8(6-14-16(5,12)13)9(3)15(4,10)11/h7-8H,6H2,1-5H3/t8-/m1/s1. The van der Waals surface area contributed by atoms with Crippen LogP contribution in [0.3, 0.4) is 0 Å². The molecule has 0 amide bonds. The molecule has 6 nitrogen and oxygen atoms in total. The molecule has 98 valence electrons. The van der Waals surface area contributed by atoms with Crippen LogP contribution in [-0.2, 0) is 24.3 Å². The smallest absolute Gasteiger partial charge is 0.264 e. The van der Waals surface area contributed by atoms with Crippen molar-refractivity contribution in [2.75, 3.05) is 26.2 Å². The fraction of sp³-hybridized carbons (Fsp3) is 1.00. The van der Waals surface area contributed by atoms with Gasteiger partial charge in [-0.15, -0.1) is 0 Å². The average molecular weight is 273 g/mol. The predicted octanol–water partition coefficient (Wildman–Crippen LogP) is -0.121. The number of hydrogen-bond donors (Lipinski definition) is 0. The Labute approximate surface area is 97.8 Å². The van der Waals surface area contributed by atoms with Crippen molar-refractivity contribution in [2.24, 2.45) is 5.92 Å². The lowest BCUT2D eigenvalue weighted by atomic mass is 10.1. The van der Waals surface area contributed by atoms with Crippen molar-refractivity contribution in [1.82, 2.24) is 4.31 Å². The van der Waals surface area contributed by atoms with Gasteiger partial charge >= 0.3 is 0 Å². The van der Waals surface area contributed by atoms with Crippen molar-refractivity contribution in [3.63, 3.8) is 0 Å². The van der Waals surface area contributed by atoms with Gasteiger partial charge in [0, 0.05) is 7.05 Å². The molecule has 0 spiro atoms. The molecule has 0 aromatic heterocycles. The van der Waals surface area contributed by atoms with Crippen molar-refractivity contribution in [1.29, 1.82) is 0 Å². The summed E-state index contributed by atoms with van der Waals surface area (Å²) in [7, 11) is -5.50. The predicted molar refractivity (Wildman–Crippen MR) is 62.0 cm³/mol. The Morgan fingerprint density at radius 3 is 1.81 bits per heavy atom. The van der Waals surface area contributed by atoms with Gasteiger partial charge in [0.1, 0.15) is 0 Å². The number of rotatable bonds is 6. The van der Waals surface area contributed by atoms with Crippen LogP contribution in [-0.4, -0.2) is 53.3 Å². The molecule has 0 saturated carbocycles. The third kappa shape index (κ3) is 5.78. The molecule has 0 saturated heterocycles. The van der Waals surface area contributed by atoms with E-state index in [0.717, 1.165) is 16.8 Å². The molecule has 0 rings (SSSR count). The molecule has 0 aliphatic rings. The van der Waals surface area contributed by atoms with Gasteiger partial charge in [-0.25, -0.2) is 8.42 Å². The van der Waals surface area contributed by atoms with Gasteiger partial charge in [0.2, 0.25) is 10.0 Å². The number of hydrogen-bond acceptors (Lipinski definition) is 5. The van der Waals surface area contributed by atoms with E-state index in [1.54, 1.807) is 13.8 Å². The summed E-state index contributed by atoms with van der Waals surface area (Å²) in [6.45, 7) is 3.44. The second-order valence-corrected chi connectivity index (χ2v) is 7.77. The second-order valence-electron chi connectivity index (χ2n) is 4.08. The summed E-state index contributed by atoms with van der Waals surface area (Å²) in [6, 6.07) is -0.496. The summed E-state index contributed by atoms with van der Waals surface area (Å²) in [5.41, 5.74) is 0. The van der Waals surface area contributed by atoms with Crippen LogP contribution < -0.4 is 0 Å². The monoisotopic (exact) mass is 273 g/mol. The molecule has 1 atom stereocenters. The fourth-order valence-electron chi connectivity index (χ4n) is 1.16. The van der Waals surface area contributed by atoms with E-state index in [4.69, 9.17) is 0 Å². The number of sulfonamides is 1. The van der Waals surface area contributed by atoms with Gasteiger partial charge in [-0.2, -0.15) is 12.7 Å². The lowest BCUT2D eigenvalue weighted by molar-refractivity contribution is 0.189. The van der Waals surface area contributed by atoms with E-state index in [1.807, 2.05) is 0 Å². The lowest BCUT2D eigenvalue weighted by Gasteiger charge is -2.28. The minimum atomic E-state index is -3.55. The second kappa shape index (κ2) is 5.44. The Kier molecular flexibility index (Phi) is 5.37. The van der Waals surface area contributed by atoms with Crippen molar-refractivity contribution >= 4 is 20.1 Å². The molecular weight excluding hydrogens is 254 g/mol. The van der Waals surface area contributed by atoms with Crippen LogP contribution in [0.15, 0.2) is 0 Å². The summed E-state index contributed by atoms with van der Waals surface area (Å²) >= 11 is 0. The van der Waals surface area contributed by atoms with Gasteiger partial charge in [0.25, 0.3) is 10.1 Å².